The summed E-state index contributed by atoms with van der Waals surface area (Å²) in [5.41, 5.74) is 2.84. The lowest BCUT2D eigenvalue weighted by Gasteiger charge is -2.09. The van der Waals surface area contributed by atoms with Gasteiger partial charge < -0.3 is 14.5 Å². The maximum atomic E-state index is 12.6. The van der Waals surface area contributed by atoms with Gasteiger partial charge in [0.1, 0.15) is 16.9 Å². The maximum absolute atomic E-state index is 12.6. The molecule has 0 fully saturated rings. The number of carbonyl (C=O) groups is 1. The van der Waals surface area contributed by atoms with Crippen LogP contribution in [0.2, 0.25) is 0 Å². The molecule has 0 spiro atoms. The Kier molecular flexibility index (Phi) is 3.93. The Balaban J connectivity index is 1.70. The largest absolute Gasteiger partial charge is 0.497 e. The number of furan rings is 1. The molecule has 1 heterocycles. The van der Waals surface area contributed by atoms with Crippen LogP contribution in [-0.2, 0) is 0 Å². The van der Waals surface area contributed by atoms with Gasteiger partial charge in [-0.1, -0.05) is 18.2 Å². The van der Waals surface area contributed by atoms with Crippen molar-refractivity contribution in [2.24, 2.45) is 0 Å². The van der Waals surface area contributed by atoms with Gasteiger partial charge in [0.15, 0.2) is 0 Å². The van der Waals surface area contributed by atoms with Crippen molar-refractivity contribution in [3.05, 3.63) is 70.7 Å². The average molecular weight is 396 g/mol. The summed E-state index contributed by atoms with van der Waals surface area (Å²) in [6, 6.07) is 18.8. The van der Waals surface area contributed by atoms with Gasteiger partial charge in [-0.2, -0.15) is 0 Å². The van der Waals surface area contributed by atoms with Crippen LogP contribution in [0.4, 0.5) is 5.69 Å². The summed E-state index contributed by atoms with van der Waals surface area (Å²) in [5, 5.41) is 4.93. The third-order valence-electron chi connectivity index (χ3n) is 4.05. The number of fused-ring (bicyclic) bond motifs is 3. The minimum Gasteiger partial charge on any atom is -0.497 e. The van der Waals surface area contributed by atoms with Gasteiger partial charge >= 0.3 is 0 Å². The fourth-order valence-corrected chi connectivity index (χ4v) is 3.23. The van der Waals surface area contributed by atoms with Crippen molar-refractivity contribution in [2.45, 2.75) is 0 Å². The Bertz CT molecular complexity index is 1100. The van der Waals surface area contributed by atoms with Crippen LogP contribution in [-0.4, -0.2) is 13.0 Å². The first-order valence-corrected chi connectivity index (χ1v) is 8.51. The van der Waals surface area contributed by atoms with Crippen LogP contribution in [0.5, 0.6) is 5.75 Å². The van der Waals surface area contributed by atoms with Gasteiger partial charge in [0.2, 0.25) is 0 Å². The summed E-state index contributed by atoms with van der Waals surface area (Å²) < 4.78 is 11.7. The third-order valence-corrected chi connectivity index (χ3v) is 4.74. The molecule has 0 aliphatic heterocycles. The molecular weight excluding hydrogens is 382 g/mol. The van der Waals surface area contributed by atoms with Gasteiger partial charge in [-0.25, -0.2) is 0 Å². The fourth-order valence-electron chi connectivity index (χ4n) is 2.81. The zero-order valence-electron chi connectivity index (χ0n) is 13.4. The van der Waals surface area contributed by atoms with Crippen molar-refractivity contribution < 1.29 is 13.9 Å². The number of ether oxygens (including phenoxy) is 1. The molecular formula is C20H14BrNO3. The smallest absolute Gasteiger partial charge is 0.256 e. The molecule has 0 saturated carbocycles. The first-order chi connectivity index (χ1) is 12.2. The standard InChI is InChI=1S/C20H14BrNO3/c1-24-13-7-8-17(21)16(11-13)20(23)22-12-6-9-19-15(10-12)14-4-2-3-5-18(14)25-19/h2-11H,1H3,(H,22,23). The second-order valence-corrected chi connectivity index (χ2v) is 6.46. The van der Waals surface area contributed by atoms with E-state index in [0.717, 1.165) is 21.9 Å². The molecule has 0 radical (unpaired) electrons. The van der Waals surface area contributed by atoms with E-state index in [-0.39, 0.29) is 5.91 Å². The van der Waals surface area contributed by atoms with E-state index in [1.165, 1.54) is 0 Å². The molecule has 1 amide bonds. The molecule has 0 saturated heterocycles. The molecule has 1 aromatic heterocycles. The highest BCUT2D eigenvalue weighted by Gasteiger charge is 2.13. The normalized spacial score (nSPS) is 11.0. The Morgan fingerprint density at radius 2 is 1.80 bits per heavy atom. The molecule has 4 aromatic rings. The molecule has 1 N–H and O–H groups in total. The molecule has 4 nitrogen and oxygen atoms in total. The van der Waals surface area contributed by atoms with Crippen LogP contribution in [0.25, 0.3) is 21.9 Å². The summed E-state index contributed by atoms with van der Waals surface area (Å²) in [7, 11) is 1.57. The minimum atomic E-state index is -0.210. The number of benzene rings is 3. The molecule has 0 atom stereocenters. The first-order valence-electron chi connectivity index (χ1n) is 7.72. The lowest BCUT2D eigenvalue weighted by atomic mass is 10.1. The first kappa shape index (κ1) is 15.7. The van der Waals surface area contributed by atoms with Crippen LogP contribution in [0, 0.1) is 0 Å². The van der Waals surface area contributed by atoms with Crippen molar-refractivity contribution in [2.75, 3.05) is 12.4 Å². The maximum Gasteiger partial charge on any atom is 0.256 e. The molecule has 0 aliphatic carbocycles. The Hall–Kier alpha value is -2.79. The summed E-state index contributed by atoms with van der Waals surface area (Å²) in [4.78, 5) is 12.6. The van der Waals surface area contributed by atoms with Gasteiger partial charge in [0.05, 0.1) is 12.7 Å². The number of hydrogen-bond acceptors (Lipinski definition) is 3. The molecule has 124 valence electrons. The second kappa shape index (κ2) is 6.26. The van der Waals surface area contributed by atoms with Crippen LogP contribution in [0.15, 0.2) is 69.6 Å². The number of hydrogen-bond donors (Lipinski definition) is 1. The van der Waals surface area contributed by atoms with Crippen LogP contribution in [0.1, 0.15) is 10.4 Å². The summed E-state index contributed by atoms with van der Waals surface area (Å²) in [6.45, 7) is 0. The highest BCUT2D eigenvalue weighted by Crippen LogP contribution is 2.31. The molecule has 4 rings (SSSR count). The van der Waals surface area contributed by atoms with E-state index in [0.29, 0.717) is 21.5 Å². The lowest BCUT2D eigenvalue weighted by Crippen LogP contribution is -2.12. The zero-order valence-corrected chi connectivity index (χ0v) is 15.0. The molecule has 0 aliphatic rings. The predicted octanol–water partition coefficient (Wildman–Crippen LogP) is 5.61. The van der Waals surface area contributed by atoms with Gasteiger partial charge in [-0.15, -0.1) is 0 Å². The van der Waals surface area contributed by atoms with Crippen LogP contribution >= 0.6 is 15.9 Å². The van der Waals surface area contributed by atoms with Crippen molar-refractivity contribution in [3.63, 3.8) is 0 Å². The van der Waals surface area contributed by atoms with Crippen LogP contribution < -0.4 is 10.1 Å². The monoisotopic (exact) mass is 395 g/mol. The van der Waals surface area contributed by atoms with Crippen molar-refractivity contribution in [3.8, 4) is 5.75 Å². The Labute approximate surface area is 152 Å². The highest BCUT2D eigenvalue weighted by atomic mass is 79.9. The Morgan fingerprint density at radius 1 is 1.00 bits per heavy atom. The summed E-state index contributed by atoms with van der Waals surface area (Å²) >= 11 is 3.41. The minimum absolute atomic E-state index is 0.210. The summed E-state index contributed by atoms with van der Waals surface area (Å²) in [5.74, 6) is 0.419. The number of methoxy groups -OCH3 is 1. The quantitative estimate of drug-likeness (QED) is 0.490. The highest BCUT2D eigenvalue weighted by molar-refractivity contribution is 9.10. The van der Waals surface area contributed by atoms with Crippen molar-refractivity contribution in [1.29, 1.82) is 0 Å². The second-order valence-electron chi connectivity index (χ2n) is 5.61. The van der Waals surface area contributed by atoms with Gasteiger partial charge in [0, 0.05) is 20.9 Å². The van der Waals surface area contributed by atoms with E-state index in [1.54, 1.807) is 25.3 Å². The van der Waals surface area contributed by atoms with Crippen LogP contribution in [0.3, 0.4) is 0 Å². The van der Waals surface area contributed by atoms with E-state index in [9.17, 15) is 4.79 Å². The topological polar surface area (TPSA) is 51.5 Å². The SMILES string of the molecule is COc1ccc(Br)c(C(=O)Nc2ccc3oc4ccccc4c3c2)c1. The fraction of sp³-hybridized carbons (Fsp3) is 0.0500. The van der Waals surface area contributed by atoms with Gasteiger partial charge in [-0.05, 0) is 58.4 Å². The number of anilines is 1. The third kappa shape index (κ3) is 2.87. The zero-order chi connectivity index (χ0) is 17.4. The van der Waals surface area contributed by atoms with E-state index in [4.69, 9.17) is 9.15 Å². The van der Waals surface area contributed by atoms with E-state index < -0.39 is 0 Å². The van der Waals surface area contributed by atoms with Crippen molar-refractivity contribution in [1.82, 2.24) is 0 Å². The number of halogens is 1. The number of nitrogens with one attached hydrogen (secondary N) is 1. The van der Waals surface area contributed by atoms with Crippen molar-refractivity contribution >= 4 is 49.5 Å². The Morgan fingerprint density at radius 3 is 2.64 bits per heavy atom. The number of amides is 1. The van der Waals surface area contributed by atoms with Gasteiger partial charge in [-0.3, -0.25) is 4.79 Å². The number of rotatable bonds is 3. The number of carbonyl (C=O) groups excluding carboxylic acids is 1. The van der Waals surface area contributed by atoms with Gasteiger partial charge in [0.25, 0.3) is 5.91 Å². The average Bonchev–Trinajstić information content (AvgIpc) is 3.00. The van der Waals surface area contributed by atoms with E-state index >= 15 is 0 Å². The summed E-state index contributed by atoms with van der Waals surface area (Å²) in [6.07, 6.45) is 0. The molecule has 3 aromatic carbocycles. The van der Waals surface area contributed by atoms with E-state index in [2.05, 4.69) is 21.2 Å². The predicted molar refractivity (Wildman–Crippen MR) is 102 cm³/mol. The molecule has 0 unspecified atom stereocenters. The molecule has 5 heteroatoms. The molecule has 0 bridgehead atoms. The molecule has 25 heavy (non-hydrogen) atoms. The van der Waals surface area contributed by atoms with E-state index in [1.807, 2.05) is 42.5 Å². The number of para-hydroxylation sites is 1. The lowest BCUT2D eigenvalue weighted by molar-refractivity contribution is 0.102.